The maximum Gasteiger partial charge on any atom is 0.259 e. The number of furan rings is 1. The molecule has 0 radical (unpaired) electrons. The van der Waals surface area contributed by atoms with Crippen LogP contribution in [0.5, 0.6) is 5.88 Å². The molecule has 1 fully saturated rings. The van der Waals surface area contributed by atoms with Gasteiger partial charge in [-0.3, -0.25) is 14.4 Å². The number of nitrogens with zero attached hydrogens (tertiary/aromatic N) is 4. The number of nitrogens with one attached hydrogen (secondary N) is 1. The Hall–Kier alpha value is -4.38. The molecule has 1 N–H and O–H groups in total. The van der Waals surface area contributed by atoms with Gasteiger partial charge in [0.2, 0.25) is 11.8 Å². The zero-order valence-corrected chi connectivity index (χ0v) is 25.2. The molecule has 3 aromatic rings. The number of benzene rings is 1. The van der Waals surface area contributed by atoms with Crippen LogP contribution in [0.3, 0.4) is 0 Å². The molecule has 1 aromatic carbocycles. The summed E-state index contributed by atoms with van der Waals surface area (Å²) in [7, 11) is 0. The number of rotatable bonds is 10. The Morgan fingerprint density at radius 3 is 2.51 bits per heavy atom. The van der Waals surface area contributed by atoms with Gasteiger partial charge in [-0.25, -0.2) is 0 Å². The van der Waals surface area contributed by atoms with Gasteiger partial charge < -0.3 is 33.9 Å². The largest absolute Gasteiger partial charge is 0.476 e. The second-order valence-corrected chi connectivity index (χ2v) is 11.3. The summed E-state index contributed by atoms with van der Waals surface area (Å²) >= 11 is 0. The lowest BCUT2D eigenvalue weighted by molar-refractivity contribution is -0.129. The molecule has 11 heteroatoms. The van der Waals surface area contributed by atoms with E-state index in [1.807, 2.05) is 57.2 Å². The van der Waals surface area contributed by atoms with E-state index in [-0.39, 0.29) is 28.8 Å². The fourth-order valence-electron chi connectivity index (χ4n) is 5.54. The van der Waals surface area contributed by atoms with Crippen molar-refractivity contribution >= 4 is 29.2 Å². The van der Waals surface area contributed by atoms with Crippen LogP contribution in [-0.2, 0) is 22.6 Å². The molecule has 0 spiro atoms. The molecular weight excluding hydrogens is 550 g/mol. The monoisotopic (exact) mass is 589 g/mol. The van der Waals surface area contributed by atoms with Crippen molar-refractivity contribution in [2.75, 3.05) is 56.2 Å². The van der Waals surface area contributed by atoms with Crippen LogP contribution in [0, 0.1) is 0 Å². The minimum absolute atomic E-state index is 0.0590. The number of carbonyl (C=O) groups is 3. The highest BCUT2D eigenvalue weighted by atomic mass is 16.5. The van der Waals surface area contributed by atoms with Crippen LogP contribution in [0.2, 0.25) is 0 Å². The first-order valence-electron chi connectivity index (χ1n) is 14.7. The van der Waals surface area contributed by atoms with Crippen molar-refractivity contribution in [1.29, 1.82) is 0 Å². The van der Waals surface area contributed by atoms with E-state index in [4.69, 9.17) is 13.9 Å². The molecule has 0 unspecified atom stereocenters. The van der Waals surface area contributed by atoms with E-state index in [2.05, 4.69) is 15.2 Å². The molecule has 3 amide bonds. The highest BCUT2D eigenvalue weighted by Crippen LogP contribution is 2.34. The smallest absolute Gasteiger partial charge is 0.259 e. The Kier molecular flexibility index (Phi) is 9.00. The van der Waals surface area contributed by atoms with E-state index >= 15 is 0 Å². The number of piperazine rings is 1. The van der Waals surface area contributed by atoms with Gasteiger partial charge in [-0.15, -0.1) is 0 Å². The van der Waals surface area contributed by atoms with Crippen molar-refractivity contribution in [2.45, 2.75) is 46.3 Å². The second-order valence-electron chi connectivity index (χ2n) is 11.3. The van der Waals surface area contributed by atoms with Crippen LogP contribution in [0.15, 0.2) is 53.1 Å². The number of carbonyl (C=O) groups excluding carboxylic acids is 3. The van der Waals surface area contributed by atoms with Gasteiger partial charge in [-0.1, -0.05) is 30.3 Å². The Balaban J connectivity index is 1.28. The average molecular weight is 590 g/mol. The molecule has 11 nitrogen and oxygen atoms in total. The summed E-state index contributed by atoms with van der Waals surface area (Å²) in [5, 5.41) is 2.87. The maximum absolute atomic E-state index is 13.8. The predicted octanol–water partition coefficient (Wildman–Crippen LogP) is 3.99. The Labute approximate surface area is 251 Å². The second kappa shape index (κ2) is 12.9. The molecule has 2 aromatic heterocycles. The average Bonchev–Trinajstić information content (AvgIpc) is 3.41. The SMILES string of the molecule is CCOc1nc(N2CCN(C(C)=O)CC2)ccc1NC(=O)c1coc2c1C(=O)N(CCOCc1ccccc1)C(C)(C)C2. The summed E-state index contributed by atoms with van der Waals surface area (Å²) in [5.74, 6) is 0.784. The van der Waals surface area contributed by atoms with Crippen molar-refractivity contribution in [2.24, 2.45) is 0 Å². The van der Waals surface area contributed by atoms with Crippen LogP contribution >= 0.6 is 0 Å². The number of hydrogen-bond acceptors (Lipinski definition) is 8. The quantitative estimate of drug-likeness (QED) is 0.353. The van der Waals surface area contributed by atoms with E-state index in [9.17, 15) is 14.4 Å². The lowest BCUT2D eigenvalue weighted by Crippen LogP contribution is -2.53. The third-order valence-corrected chi connectivity index (χ3v) is 7.89. The lowest BCUT2D eigenvalue weighted by atomic mass is 9.88. The van der Waals surface area contributed by atoms with Crippen LogP contribution in [-0.4, -0.2) is 84.0 Å². The van der Waals surface area contributed by atoms with Crippen LogP contribution in [0.4, 0.5) is 11.5 Å². The van der Waals surface area contributed by atoms with Gasteiger partial charge >= 0.3 is 0 Å². The van der Waals surface area contributed by atoms with Gasteiger partial charge in [0.05, 0.1) is 30.9 Å². The van der Waals surface area contributed by atoms with Gasteiger partial charge in [0.15, 0.2) is 0 Å². The van der Waals surface area contributed by atoms with Gasteiger partial charge in [0.1, 0.15) is 23.5 Å². The normalized spacial score (nSPS) is 16.2. The molecule has 4 heterocycles. The van der Waals surface area contributed by atoms with Gasteiger partial charge in [0, 0.05) is 51.6 Å². The molecule has 43 heavy (non-hydrogen) atoms. The van der Waals surface area contributed by atoms with Gasteiger partial charge in [-0.2, -0.15) is 4.98 Å². The summed E-state index contributed by atoms with van der Waals surface area (Å²) in [4.78, 5) is 49.3. The molecule has 0 saturated carbocycles. The number of fused-ring (bicyclic) bond motifs is 1. The van der Waals surface area contributed by atoms with Crippen molar-refractivity contribution in [3.05, 3.63) is 71.2 Å². The highest BCUT2D eigenvalue weighted by molar-refractivity contribution is 6.13. The molecule has 0 atom stereocenters. The molecule has 1 saturated heterocycles. The van der Waals surface area contributed by atoms with E-state index < -0.39 is 11.4 Å². The lowest BCUT2D eigenvalue weighted by Gasteiger charge is -2.41. The number of hydrogen-bond donors (Lipinski definition) is 1. The maximum atomic E-state index is 13.8. The minimum atomic E-state index is -0.510. The van der Waals surface area contributed by atoms with E-state index in [1.165, 1.54) is 6.26 Å². The number of ether oxygens (including phenoxy) is 2. The summed E-state index contributed by atoms with van der Waals surface area (Å²) < 4.78 is 17.4. The first kappa shape index (κ1) is 30.1. The Morgan fingerprint density at radius 1 is 1.07 bits per heavy atom. The van der Waals surface area contributed by atoms with Crippen LogP contribution in [0.25, 0.3) is 0 Å². The summed E-state index contributed by atoms with van der Waals surface area (Å²) in [5.41, 5.74) is 1.38. The molecule has 0 aliphatic carbocycles. The Bertz CT molecular complexity index is 1460. The minimum Gasteiger partial charge on any atom is -0.476 e. The predicted molar refractivity (Wildman–Crippen MR) is 161 cm³/mol. The third kappa shape index (κ3) is 6.67. The highest BCUT2D eigenvalue weighted by Gasteiger charge is 2.42. The van der Waals surface area contributed by atoms with E-state index in [0.29, 0.717) is 76.2 Å². The van der Waals surface area contributed by atoms with Crippen molar-refractivity contribution < 1.29 is 28.3 Å². The summed E-state index contributed by atoms with van der Waals surface area (Å²) in [6.45, 7) is 11.5. The van der Waals surface area contributed by atoms with Gasteiger partial charge in [0.25, 0.3) is 11.8 Å². The van der Waals surface area contributed by atoms with Crippen molar-refractivity contribution in [1.82, 2.24) is 14.8 Å². The van der Waals surface area contributed by atoms with Crippen molar-refractivity contribution in [3.63, 3.8) is 0 Å². The summed E-state index contributed by atoms with van der Waals surface area (Å²) in [6, 6.07) is 13.4. The topological polar surface area (TPSA) is 117 Å². The fourth-order valence-corrected chi connectivity index (χ4v) is 5.54. The van der Waals surface area contributed by atoms with Crippen LogP contribution in [0.1, 0.15) is 59.7 Å². The fraction of sp³-hybridized carbons (Fsp3) is 0.438. The summed E-state index contributed by atoms with van der Waals surface area (Å²) in [6.07, 6.45) is 1.82. The first-order valence-corrected chi connectivity index (χ1v) is 14.7. The molecule has 2 aliphatic rings. The third-order valence-electron chi connectivity index (χ3n) is 7.89. The van der Waals surface area contributed by atoms with E-state index in [1.54, 1.807) is 22.8 Å². The number of aromatic nitrogens is 1. The number of anilines is 2. The first-order chi connectivity index (χ1) is 20.7. The van der Waals surface area contributed by atoms with Gasteiger partial charge in [-0.05, 0) is 38.5 Å². The van der Waals surface area contributed by atoms with E-state index in [0.717, 1.165) is 5.56 Å². The zero-order chi connectivity index (χ0) is 30.6. The zero-order valence-electron chi connectivity index (χ0n) is 25.2. The number of amides is 3. The molecule has 0 bridgehead atoms. The number of pyridine rings is 1. The van der Waals surface area contributed by atoms with Crippen molar-refractivity contribution in [3.8, 4) is 5.88 Å². The molecule has 2 aliphatic heterocycles. The molecular formula is C32H39N5O6. The molecule has 228 valence electrons. The Morgan fingerprint density at radius 2 is 1.81 bits per heavy atom. The standard InChI is InChI=1S/C32H39N5O6/c1-5-42-30-25(11-12-27(34-30)36-15-13-35(14-16-36)22(2)38)33-29(39)24-21-43-26-19-32(3,4)37(31(40)28(24)26)17-18-41-20-23-9-7-6-8-10-23/h6-12,21H,5,13-20H2,1-4H3,(H,33,39). The van der Waals surface area contributed by atoms with Crippen LogP contribution < -0.4 is 15.0 Å². The molecule has 5 rings (SSSR count).